The van der Waals surface area contributed by atoms with Crippen molar-refractivity contribution in [1.29, 1.82) is 0 Å². The van der Waals surface area contributed by atoms with Gasteiger partial charge in [-0.2, -0.15) is 0 Å². The zero-order valence-electron chi connectivity index (χ0n) is 8.50. The number of rotatable bonds is 0. The van der Waals surface area contributed by atoms with Crippen molar-refractivity contribution in [2.24, 2.45) is 0 Å². The number of benzene rings is 1. The third kappa shape index (κ3) is 2.00. The van der Waals surface area contributed by atoms with Gasteiger partial charge < -0.3 is 10.1 Å². The molecule has 0 spiro atoms. The van der Waals surface area contributed by atoms with Crippen molar-refractivity contribution in [3.8, 4) is 0 Å². The van der Waals surface area contributed by atoms with Crippen LogP contribution in [0, 0.1) is 0 Å². The van der Waals surface area contributed by atoms with E-state index in [4.69, 9.17) is 16.3 Å². The van der Waals surface area contributed by atoms with Crippen LogP contribution in [-0.4, -0.2) is 19.2 Å². The molecule has 0 aliphatic carbocycles. The number of fused-ring (bicyclic) bond motifs is 3. The minimum atomic E-state index is 0. The second kappa shape index (κ2) is 4.83. The molecular weight excluding hydrogens is 313 g/mol. The highest BCUT2D eigenvalue weighted by molar-refractivity contribution is 9.10. The van der Waals surface area contributed by atoms with Gasteiger partial charge in [0.15, 0.2) is 0 Å². The summed E-state index contributed by atoms with van der Waals surface area (Å²) in [6, 6.07) is 4.15. The van der Waals surface area contributed by atoms with Crippen LogP contribution in [0.25, 0.3) is 0 Å². The van der Waals surface area contributed by atoms with Crippen LogP contribution in [0.15, 0.2) is 16.6 Å². The Balaban J connectivity index is 0.000000963. The van der Waals surface area contributed by atoms with Gasteiger partial charge in [0.25, 0.3) is 0 Å². The highest BCUT2D eigenvalue weighted by atomic mass is 79.9. The molecule has 0 amide bonds. The average Bonchev–Trinajstić information content (AvgIpc) is 2.68. The molecule has 16 heavy (non-hydrogen) atoms. The normalized spacial score (nSPS) is 26.9. The van der Waals surface area contributed by atoms with Crippen molar-refractivity contribution in [2.75, 3.05) is 13.1 Å². The molecule has 2 aliphatic heterocycles. The van der Waals surface area contributed by atoms with Crippen LogP contribution in [0.3, 0.4) is 0 Å². The molecule has 2 atom stereocenters. The summed E-state index contributed by atoms with van der Waals surface area (Å²) in [7, 11) is 0. The van der Waals surface area contributed by atoms with Crippen LogP contribution in [0.4, 0.5) is 0 Å². The second-order valence-corrected chi connectivity index (χ2v) is 5.34. The van der Waals surface area contributed by atoms with Crippen LogP contribution >= 0.6 is 39.9 Å². The maximum atomic E-state index is 6.13. The summed E-state index contributed by atoms with van der Waals surface area (Å²) in [6.45, 7) is 2.65. The minimum Gasteiger partial charge on any atom is -0.372 e. The Hall–Kier alpha value is 0.200. The van der Waals surface area contributed by atoms with Crippen molar-refractivity contribution >= 4 is 39.9 Å². The van der Waals surface area contributed by atoms with E-state index in [-0.39, 0.29) is 12.4 Å². The topological polar surface area (TPSA) is 21.3 Å². The molecule has 1 aromatic rings. The zero-order chi connectivity index (χ0) is 10.4. The number of ether oxygens (including phenoxy) is 1. The molecule has 1 N–H and O–H groups in total. The molecule has 88 valence electrons. The first-order valence-electron chi connectivity index (χ1n) is 5.06. The SMILES string of the molecule is Cl.Clc1cc2c(cc1Br)COC1CNCC21. The van der Waals surface area contributed by atoms with Gasteiger partial charge in [-0.1, -0.05) is 11.6 Å². The van der Waals surface area contributed by atoms with E-state index in [0.717, 1.165) is 22.6 Å². The van der Waals surface area contributed by atoms with Gasteiger partial charge in [0.1, 0.15) is 0 Å². The molecule has 0 aromatic heterocycles. The summed E-state index contributed by atoms with van der Waals surface area (Å²) < 4.78 is 6.75. The molecule has 3 rings (SSSR count). The summed E-state index contributed by atoms with van der Waals surface area (Å²) in [5.41, 5.74) is 2.61. The molecule has 1 aromatic carbocycles. The lowest BCUT2D eigenvalue weighted by Gasteiger charge is -2.28. The van der Waals surface area contributed by atoms with E-state index in [1.165, 1.54) is 11.1 Å². The Morgan fingerprint density at radius 3 is 3.00 bits per heavy atom. The fourth-order valence-electron chi connectivity index (χ4n) is 2.41. The van der Waals surface area contributed by atoms with E-state index in [2.05, 4.69) is 33.4 Å². The first kappa shape index (κ1) is 12.7. The number of halogens is 3. The lowest BCUT2D eigenvalue weighted by atomic mass is 9.90. The highest BCUT2D eigenvalue weighted by Crippen LogP contribution is 2.37. The summed E-state index contributed by atoms with van der Waals surface area (Å²) in [5, 5.41) is 4.15. The first-order valence-corrected chi connectivity index (χ1v) is 6.23. The lowest BCUT2D eigenvalue weighted by Crippen LogP contribution is -2.26. The smallest absolute Gasteiger partial charge is 0.0784 e. The van der Waals surface area contributed by atoms with E-state index in [1.54, 1.807) is 0 Å². The first-order chi connectivity index (χ1) is 7.25. The number of hydrogen-bond donors (Lipinski definition) is 1. The van der Waals surface area contributed by atoms with Crippen LogP contribution in [0.5, 0.6) is 0 Å². The summed E-state index contributed by atoms with van der Waals surface area (Å²) in [6.07, 6.45) is 0.328. The molecule has 0 radical (unpaired) electrons. The summed E-state index contributed by atoms with van der Waals surface area (Å²) >= 11 is 9.57. The molecule has 1 fully saturated rings. The quantitative estimate of drug-likeness (QED) is 0.791. The van der Waals surface area contributed by atoms with Crippen LogP contribution in [0.1, 0.15) is 17.0 Å². The molecule has 0 saturated carbocycles. The molecule has 0 bridgehead atoms. The number of hydrogen-bond acceptors (Lipinski definition) is 2. The number of nitrogens with one attached hydrogen (secondary N) is 1. The van der Waals surface area contributed by atoms with Crippen LogP contribution < -0.4 is 5.32 Å². The van der Waals surface area contributed by atoms with Crippen molar-refractivity contribution in [3.05, 3.63) is 32.8 Å². The standard InChI is InChI=1S/C11H11BrClNO.ClH/c12-9-1-6-5-15-11-4-14-3-8(11)7(6)2-10(9)13;/h1-2,8,11,14H,3-5H2;1H. The van der Waals surface area contributed by atoms with E-state index >= 15 is 0 Å². The van der Waals surface area contributed by atoms with E-state index in [0.29, 0.717) is 18.6 Å². The fourth-order valence-corrected chi connectivity index (χ4v) is 2.97. The minimum absolute atomic E-state index is 0. The van der Waals surface area contributed by atoms with Crippen molar-refractivity contribution in [3.63, 3.8) is 0 Å². The molecule has 2 aliphatic rings. The third-order valence-electron chi connectivity index (χ3n) is 3.19. The monoisotopic (exact) mass is 323 g/mol. The molecule has 5 heteroatoms. The van der Waals surface area contributed by atoms with Gasteiger partial charge in [-0.05, 0) is 39.2 Å². The Morgan fingerprint density at radius 2 is 2.19 bits per heavy atom. The van der Waals surface area contributed by atoms with Gasteiger partial charge in [0.05, 0.1) is 17.7 Å². The predicted octanol–water partition coefficient (Wildman–Crippen LogP) is 3.11. The largest absolute Gasteiger partial charge is 0.372 e. The molecule has 2 nitrogen and oxygen atoms in total. The van der Waals surface area contributed by atoms with Crippen molar-refractivity contribution < 1.29 is 4.74 Å². The Morgan fingerprint density at radius 1 is 1.38 bits per heavy atom. The second-order valence-electron chi connectivity index (χ2n) is 4.08. The Labute approximate surface area is 114 Å². The zero-order valence-corrected chi connectivity index (χ0v) is 11.7. The summed E-state index contributed by atoms with van der Waals surface area (Å²) in [4.78, 5) is 0. The van der Waals surface area contributed by atoms with Crippen LogP contribution in [-0.2, 0) is 11.3 Å². The van der Waals surface area contributed by atoms with Gasteiger partial charge >= 0.3 is 0 Å². The van der Waals surface area contributed by atoms with Gasteiger partial charge in [-0.25, -0.2) is 0 Å². The van der Waals surface area contributed by atoms with E-state index < -0.39 is 0 Å². The molecule has 2 unspecified atom stereocenters. The van der Waals surface area contributed by atoms with Gasteiger partial charge in [-0.3, -0.25) is 0 Å². The van der Waals surface area contributed by atoms with Gasteiger partial charge in [0.2, 0.25) is 0 Å². The fraction of sp³-hybridized carbons (Fsp3) is 0.455. The van der Waals surface area contributed by atoms with Crippen molar-refractivity contribution in [2.45, 2.75) is 18.6 Å². The lowest BCUT2D eigenvalue weighted by molar-refractivity contribution is 0.0299. The van der Waals surface area contributed by atoms with Gasteiger partial charge in [0, 0.05) is 23.5 Å². The molecule has 1 saturated heterocycles. The summed E-state index contributed by atoms with van der Waals surface area (Å²) in [5.74, 6) is 0.472. The maximum Gasteiger partial charge on any atom is 0.0784 e. The van der Waals surface area contributed by atoms with Crippen LogP contribution in [0.2, 0.25) is 5.02 Å². The maximum absolute atomic E-state index is 6.13. The Kier molecular flexibility index (Phi) is 3.82. The Bertz CT molecular complexity index is 413. The van der Waals surface area contributed by atoms with Crippen molar-refractivity contribution in [1.82, 2.24) is 5.32 Å². The average molecular weight is 325 g/mol. The molecular formula is C11H12BrCl2NO. The molecule has 2 heterocycles. The third-order valence-corrected chi connectivity index (χ3v) is 4.39. The van der Waals surface area contributed by atoms with Gasteiger partial charge in [-0.15, -0.1) is 12.4 Å². The van der Waals surface area contributed by atoms with E-state index in [1.807, 2.05) is 0 Å². The predicted molar refractivity (Wildman–Crippen MR) is 70.6 cm³/mol. The van der Waals surface area contributed by atoms with E-state index in [9.17, 15) is 0 Å². The highest BCUT2D eigenvalue weighted by Gasteiger charge is 2.34.